The maximum absolute atomic E-state index is 5.21. The van der Waals surface area contributed by atoms with Gasteiger partial charge >= 0.3 is 0 Å². The number of anilines is 1. The van der Waals surface area contributed by atoms with Gasteiger partial charge in [0.1, 0.15) is 0 Å². The topological polar surface area (TPSA) is 37.4 Å². The second kappa shape index (κ2) is 7.46. The summed E-state index contributed by atoms with van der Waals surface area (Å²) in [6.45, 7) is 5.82. The number of nitrogens with zero attached hydrogens (tertiary/aromatic N) is 2. The highest BCUT2D eigenvalue weighted by molar-refractivity contribution is 5.48. The average molecular weight is 263 g/mol. The van der Waals surface area contributed by atoms with Gasteiger partial charge in [-0.2, -0.15) is 0 Å². The van der Waals surface area contributed by atoms with E-state index >= 15 is 0 Å². The third kappa shape index (κ3) is 4.48. The lowest BCUT2D eigenvalue weighted by molar-refractivity contribution is 0.205. The molecule has 0 saturated heterocycles. The lowest BCUT2D eigenvalue weighted by Crippen LogP contribution is -2.29. The van der Waals surface area contributed by atoms with Crippen LogP contribution in [0, 0.1) is 0 Å². The van der Waals surface area contributed by atoms with Crippen molar-refractivity contribution in [3.8, 4) is 0 Å². The Bertz CT molecular complexity index is 379. The Morgan fingerprint density at radius 3 is 3.00 bits per heavy atom. The van der Waals surface area contributed by atoms with E-state index < -0.39 is 0 Å². The maximum atomic E-state index is 5.21. The summed E-state index contributed by atoms with van der Waals surface area (Å²) in [6, 6.07) is 5.02. The van der Waals surface area contributed by atoms with Gasteiger partial charge in [-0.25, -0.2) is 0 Å². The molecule has 1 heterocycles. The number of hydrogen-bond donors (Lipinski definition) is 1. The van der Waals surface area contributed by atoms with Crippen molar-refractivity contribution in [1.29, 1.82) is 0 Å². The lowest BCUT2D eigenvalue weighted by atomic mass is 10.2. The Hall–Kier alpha value is -1.13. The molecule has 106 valence electrons. The van der Waals surface area contributed by atoms with Crippen LogP contribution in [0.3, 0.4) is 0 Å². The number of methoxy groups -OCH3 is 1. The Kier molecular flexibility index (Phi) is 5.61. The standard InChI is InChI=1S/C15H25N3O/c1-3-7-16-12-13-11-15(6-8-17-13)18(9-10-19-2)14-4-5-14/h6,8,11,14,16H,3-5,7,9-10,12H2,1-2H3. The molecule has 1 aromatic rings. The summed E-state index contributed by atoms with van der Waals surface area (Å²) in [5, 5.41) is 3.40. The van der Waals surface area contributed by atoms with Crippen LogP contribution in [0.25, 0.3) is 0 Å². The minimum Gasteiger partial charge on any atom is -0.383 e. The summed E-state index contributed by atoms with van der Waals surface area (Å²) < 4.78 is 5.21. The maximum Gasteiger partial charge on any atom is 0.0637 e. The molecule has 0 spiro atoms. The van der Waals surface area contributed by atoms with Gasteiger partial charge in [0.25, 0.3) is 0 Å². The number of nitrogens with one attached hydrogen (secondary N) is 1. The fraction of sp³-hybridized carbons (Fsp3) is 0.667. The molecule has 0 bridgehead atoms. The smallest absolute Gasteiger partial charge is 0.0637 e. The molecule has 2 rings (SSSR count). The van der Waals surface area contributed by atoms with E-state index in [-0.39, 0.29) is 0 Å². The van der Waals surface area contributed by atoms with Crippen LogP contribution < -0.4 is 10.2 Å². The Balaban J connectivity index is 1.98. The van der Waals surface area contributed by atoms with E-state index in [1.165, 1.54) is 18.5 Å². The predicted octanol–water partition coefficient (Wildman–Crippen LogP) is 2.20. The first-order chi connectivity index (χ1) is 9.35. The molecule has 4 heteroatoms. The van der Waals surface area contributed by atoms with Gasteiger partial charge < -0.3 is 15.0 Å². The highest BCUT2D eigenvalue weighted by Gasteiger charge is 2.29. The number of rotatable bonds is 9. The van der Waals surface area contributed by atoms with Crippen LogP contribution in [0.1, 0.15) is 31.9 Å². The Labute approximate surface area is 116 Å². The molecule has 0 atom stereocenters. The summed E-state index contributed by atoms with van der Waals surface area (Å²) in [6.07, 6.45) is 5.67. The van der Waals surface area contributed by atoms with Gasteiger partial charge in [-0.1, -0.05) is 6.92 Å². The summed E-state index contributed by atoms with van der Waals surface area (Å²) in [4.78, 5) is 6.89. The van der Waals surface area contributed by atoms with E-state index in [2.05, 4.69) is 34.3 Å². The molecule has 0 unspecified atom stereocenters. The number of aromatic nitrogens is 1. The van der Waals surface area contributed by atoms with Gasteiger partial charge in [-0.05, 0) is 37.9 Å². The van der Waals surface area contributed by atoms with Crippen LogP contribution in [0.15, 0.2) is 18.3 Å². The van der Waals surface area contributed by atoms with Crippen LogP contribution in [-0.4, -0.2) is 37.8 Å². The second-order valence-electron chi connectivity index (χ2n) is 5.10. The zero-order valence-corrected chi connectivity index (χ0v) is 12.1. The molecule has 1 saturated carbocycles. The van der Waals surface area contributed by atoms with E-state index in [1.807, 2.05) is 6.20 Å². The van der Waals surface area contributed by atoms with Crippen LogP contribution in [0.4, 0.5) is 5.69 Å². The van der Waals surface area contributed by atoms with Crippen LogP contribution >= 0.6 is 0 Å². The average Bonchev–Trinajstić information content (AvgIpc) is 3.25. The first-order valence-corrected chi connectivity index (χ1v) is 7.26. The molecule has 0 radical (unpaired) electrons. The van der Waals surface area contributed by atoms with E-state index in [4.69, 9.17) is 4.74 Å². The summed E-state index contributed by atoms with van der Waals surface area (Å²) in [5.41, 5.74) is 2.40. The minimum atomic E-state index is 0.703. The van der Waals surface area contributed by atoms with Crippen LogP contribution in [0.5, 0.6) is 0 Å². The van der Waals surface area contributed by atoms with E-state index in [1.54, 1.807) is 7.11 Å². The lowest BCUT2D eigenvalue weighted by Gasteiger charge is -2.24. The molecule has 0 amide bonds. The molecule has 1 aliphatic carbocycles. The molecule has 1 aliphatic rings. The zero-order valence-electron chi connectivity index (χ0n) is 12.1. The number of pyridine rings is 1. The van der Waals surface area contributed by atoms with Crippen molar-refractivity contribution >= 4 is 5.69 Å². The highest BCUT2D eigenvalue weighted by Crippen LogP contribution is 2.31. The SMILES string of the molecule is CCCNCc1cc(N(CCOC)C2CC2)ccn1. The molecule has 0 aromatic carbocycles. The highest BCUT2D eigenvalue weighted by atomic mass is 16.5. The van der Waals surface area contributed by atoms with Gasteiger partial charge in [0.05, 0.1) is 12.3 Å². The normalized spacial score (nSPS) is 14.6. The fourth-order valence-corrected chi connectivity index (χ4v) is 2.23. The quantitative estimate of drug-likeness (QED) is 0.693. The monoisotopic (exact) mass is 263 g/mol. The molecule has 1 fully saturated rings. The van der Waals surface area contributed by atoms with Crippen molar-refractivity contribution in [1.82, 2.24) is 10.3 Å². The van der Waals surface area contributed by atoms with Crippen molar-refractivity contribution in [2.45, 2.75) is 38.8 Å². The van der Waals surface area contributed by atoms with E-state index in [9.17, 15) is 0 Å². The predicted molar refractivity (Wildman–Crippen MR) is 78.5 cm³/mol. The molecule has 19 heavy (non-hydrogen) atoms. The van der Waals surface area contributed by atoms with E-state index in [0.29, 0.717) is 6.04 Å². The Morgan fingerprint density at radius 1 is 1.47 bits per heavy atom. The Morgan fingerprint density at radius 2 is 2.32 bits per heavy atom. The molecular weight excluding hydrogens is 238 g/mol. The van der Waals surface area contributed by atoms with Gasteiger partial charge in [-0.15, -0.1) is 0 Å². The van der Waals surface area contributed by atoms with Crippen molar-refractivity contribution in [2.24, 2.45) is 0 Å². The third-order valence-electron chi connectivity index (χ3n) is 3.39. The summed E-state index contributed by atoms with van der Waals surface area (Å²) in [7, 11) is 1.76. The zero-order chi connectivity index (χ0) is 13.5. The molecular formula is C15H25N3O. The third-order valence-corrected chi connectivity index (χ3v) is 3.39. The van der Waals surface area contributed by atoms with Gasteiger partial charge in [0.15, 0.2) is 0 Å². The van der Waals surface area contributed by atoms with Crippen molar-refractivity contribution in [3.05, 3.63) is 24.0 Å². The van der Waals surface area contributed by atoms with Gasteiger partial charge in [0, 0.05) is 38.1 Å². The van der Waals surface area contributed by atoms with Crippen molar-refractivity contribution in [3.63, 3.8) is 0 Å². The molecule has 0 aliphatic heterocycles. The van der Waals surface area contributed by atoms with Crippen LogP contribution in [-0.2, 0) is 11.3 Å². The minimum absolute atomic E-state index is 0.703. The largest absolute Gasteiger partial charge is 0.383 e. The first-order valence-electron chi connectivity index (χ1n) is 7.26. The number of ether oxygens (including phenoxy) is 1. The summed E-state index contributed by atoms with van der Waals surface area (Å²) in [5.74, 6) is 0. The number of hydrogen-bond acceptors (Lipinski definition) is 4. The van der Waals surface area contributed by atoms with Gasteiger partial charge in [-0.3, -0.25) is 4.98 Å². The first kappa shape index (κ1) is 14.3. The van der Waals surface area contributed by atoms with Crippen molar-refractivity contribution in [2.75, 3.05) is 31.7 Å². The van der Waals surface area contributed by atoms with E-state index in [0.717, 1.165) is 38.4 Å². The van der Waals surface area contributed by atoms with Crippen LogP contribution in [0.2, 0.25) is 0 Å². The molecule has 1 N–H and O–H groups in total. The van der Waals surface area contributed by atoms with Gasteiger partial charge in [0.2, 0.25) is 0 Å². The summed E-state index contributed by atoms with van der Waals surface area (Å²) >= 11 is 0. The molecule has 1 aromatic heterocycles. The second-order valence-corrected chi connectivity index (χ2v) is 5.10. The molecule has 4 nitrogen and oxygen atoms in total. The van der Waals surface area contributed by atoms with Crippen molar-refractivity contribution < 1.29 is 4.74 Å². The fourth-order valence-electron chi connectivity index (χ4n) is 2.23.